The first-order valence-corrected chi connectivity index (χ1v) is 9.22. The highest BCUT2D eigenvalue weighted by Gasteiger charge is 2.29. The third-order valence-corrected chi connectivity index (χ3v) is 4.59. The molecule has 1 aliphatic heterocycles. The molecule has 1 fully saturated rings. The molecule has 0 aliphatic carbocycles. The number of para-hydroxylation sites is 1. The first-order chi connectivity index (χ1) is 12.4. The van der Waals surface area contributed by atoms with Crippen molar-refractivity contribution in [1.82, 2.24) is 9.88 Å². The van der Waals surface area contributed by atoms with Crippen molar-refractivity contribution in [3.05, 3.63) is 29.7 Å². The van der Waals surface area contributed by atoms with Gasteiger partial charge in [-0.3, -0.25) is 0 Å². The minimum Gasteiger partial charge on any atom is -0.444 e. The second-order valence-electron chi connectivity index (χ2n) is 7.80. The molecule has 1 aromatic carbocycles. The second-order valence-corrected chi connectivity index (χ2v) is 7.80. The van der Waals surface area contributed by atoms with Crippen molar-refractivity contribution in [3.63, 3.8) is 0 Å². The number of nitrogens with zero attached hydrogens (tertiary/aromatic N) is 2. The maximum Gasteiger partial charge on any atom is 0.410 e. The van der Waals surface area contributed by atoms with Gasteiger partial charge >= 0.3 is 6.09 Å². The van der Waals surface area contributed by atoms with Crippen LogP contribution in [0.3, 0.4) is 0 Å². The van der Waals surface area contributed by atoms with Gasteiger partial charge in [-0.2, -0.15) is 0 Å². The Labute approximate surface area is 154 Å². The summed E-state index contributed by atoms with van der Waals surface area (Å²) in [6.07, 6.45) is 2.24. The zero-order valence-electron chi connectivity index (χ0n) is 16.1. The molecule has 0 saturated carbocycles. The summed E-state index contributed by atoms with van der Waals surface area (Å²) in [5.41, 5.74) is 2.43. The van der Waals surface area contributed by atoms with Crippen LogP contribution in [0.1, 0.15) is 51.0 Å². The molecule has 2 aromatic rings. The molecule has 142 valence electrons. The zero-order valence-corrected chi connectivity index (χ0v) is 16.1. The highest BCUT2D eigenvalue weighted by Crippen LogP contribution is 2.31. The van der Waals surface area contributed by atoms with E-state index in [2.05, 4.69) is 6.07 Å². The summed E-state index contributed by atoms with van der Waals surface area (Å²) in [5.74, 6) is 1.00. The fraction of sp³-hybridized carbons (Fsp3) is 0.600. The Kier molecular flexibility index (Phi) is 5.51. The number of carbonyl (C=O) groups is 1. The number of hydrogen-bond donors (Lipinski definition) is 0. The highest BCUT2D eigenvalue weighted by molar-refractivity contribution is 5.76. The molecule has 26 heavy (non-hydrogen) atoms. The molecule has 1 aromatic heterocycles. The molecule has 3 rings (SSSR count). The number of benzene rings is 1. The van der Waals surface area contributed by atoms with Crippen LogP contribution in [0.4, 0.5) is 4.79 Å². The molecule has 6 heteroatoms. The molecule has 0 spiro atoms. The van der Waals surface area contributed by atoms with Gasteiger partial charge in [0.25, 0.3) is 0 Å². The Morgan fingerprint density at radius 1 is 1.31 bits per heavy atom. The van der Waals surface area contributed by atoms with Crippen molar-refractivity contribution >= 4 is 17.2 Å². The molecule has 1 aliphatic rings. The Morgan fingerprint density at radius 2 is 2.04 bits per heavy atom. The predicted molar refractivity (Wildman–Crippen MR) is 99.4 cm³/mol. The molecule has 0 N–H and O–H groups in total. The smallest absolute Gasteiger partial charge is 0.410 e. The Bertz CT molecular complexity index is 755. The van der Waals surface area contributed by atoms with Crippen LogP contribution < -0.4 is 0 Å². The Balaban J connectivity index is 1.67. The van der Waals surface area contributed by atoms with E-state index in [-0.39, 0.29) is 12.0 Å². The number of rotatable bonds is 4. The third-order valence-electron chi connectivity index (χ3n) is 4.59. The van der Waals surface area contributed by atoms with Gasteiger partial charge in [-0.25, -0.2) is 9.78 Å². The van der Waals surface area contributed by atoms with E-state index in [0.29, 0.717) is 19.7 Å². The molecule has 0 atom stereocenters. The van der Waals surface area contributed by atoms with Crippen LogP contribution in [0.5, 0.6) is 0 Å². The standard InChI is InChI=1S/C20H28N2O4/c1-20(2,3)26-19(23)22-11-8-15(9-12-22)18-21-17-14(10-13-24-4)6-5-7-16(17)25-18/h5-7,15H,8-13H2,1-4H3. The normalized spacial score (nSPS) is 16.2. The van der Waals surface area contributed by atoms with Crippen LogP contribution in [0, 0.1) is 0 Å². The van der Waals surface area contributed by atoms with Crippen LogP contribution in [0.15, 0.2) is 22.6 Å². The van der Waals surface area contributed by atoms with Gasteiger partial charge in [0.05, 0.1) is 6.61 Å². The number of hydrogen-bond acceptors (Lipinski definition) is 5. The average molecular weight is 360 g/mol. The van der Waals surface area contributed by atoms with Crippen LogP contribution in [0.2, 0.25) is 0 Å². The summed E-state index contributed by atoms with van der Waals surface area (Å²) < 4.78 is 16.7. The summed E-state index contributed by atoms with van der Waals surface area (Å²) in [6, 6.07) is 6.02. The number of oxazole rings is 1. The summed E-state index contributed by atoms with van der Waals surface area (Å²) >= 11 is 0. The third kappa shape index (κ3) is 4.36. The lowest BCUT2D eigenvalue weighted by Gasteiger charge is -2.32. The van der Waals surface area contributed by atoms with Crippen molar-refractivity contribution in [2.45, 2.75) is 51.6 Å². The predicted octanol–water partition coefficient (Wildman–Crippen LogP) is 4.13. The number of carbonyl (C=O) groups excluding carboxylic acids is 1. The van der Waals surface area contributed by atoms with E-state index < -0.39 is 5.60 Å². The van der Waals surface area contributed by atoms with Gasteiger partial charge in [0, 0.05) is 26.1 Å². The van der Waals surface area contributed by atoms with E-state index in [9.17, 15) is 4.79 Å². The summed E-state index contributed by atoms with van der Waals surface area (Å²) in [6.45, 7) is 7.64. The fourth-order valence-electron chi connectivity index (χ4n) is 3.25. The molecule has 2 heterocycles. The van der Waals surface area contributed by atoms with E-state index in [1.54, 1.807) is 12.0 Å². The molecule has 0 bridgehead atoms. The zero-order chi connectivity index (χ0) is 18.7. The summed E-state index contributed by atoms with van der Waals surface area (Å²) in [5, 5.41) is 0. The topological polar surface area (TPSA) is 64.8 Å². The van der Waals surface area contributed by atoms with Gasteiger partial charge in [0.15, 0.2) is 11.5 Å². The van der Waals surface area contributed by atoms with Gasteiger partial charge < -0.3 is 18.8 Å². The van der Waals surface area contributed by atoms with Gasteiger partial charge in [-0.1, -0.05) is 12.1 Å². The second kappa shape index (κ2) is 7.66. The van der Waals surface area contributed by atoms with Gasteiger partial charge in [0.2, 0.25) is 0 Å². The molecular formula is C20H28N2O4. The first-order valence-electron chi connectivity index (χ1n) is 9.22. The maximum atomic E-state index is 12.2. The van der Waals surface area contributed by atoms with Crippen LogP contribution in [0.25, 0.3) is 11.1 Å². The molecule has 1 saturated heterocycles. The monoisotopic (exact) mass is 360 g/mol. The van der Waals surface area contributed by atoms with E-state index in [4.69, 9.17) is 18.9 Å². The number of methoxy groups -OCH3 is 1. The summed E-state index contributed by atoms with van der Waals surface area (Å²) in [7, 11) is 1.70. The van der Waals surface area contributed by atoms with Crippen molar-refractivity contribution in [3.8, 4) is 0 Å². The largest absolute Gasteiger partial charge is 0.444 e. The van der Waals surface area contributed by atoms with E-state index in [0.717, 1.165) is 41.8 Å². The summed E-state index contributed by atoms with van der Waals surface area (Å²) in [4.78, 5) is 18.7. The highest BCUT2D eigenvalue weighted by atomic mass is 16.6. The first kappa shape index (κ1) is 18.7. The SMILES string of the molecule is COCCc1cccc2oc(C3CCN(C(=O)OC(C)(C)C)CC3)nc12. The number of fused-ring (bicyclic) bond motifs is 1. The molecule has 1 amide bonds. The van der Waals surface area contributed by atoms with Crippen molar-refractivity contribution < 1.29 is 18.7 Å². The fourth-order valence-corrected chi connectivity index (χ4v) is 3.25. The van der Waals surface area contributed by atoms with Gasteiger partial charge in [0.1, 0.15) is 11.1 Å². The molecule has 0 radical (unpaired) electrons. The molecular weight excluding hydrogens is 332 g/mol. The van der Waals surface area contributed by atoms with Crippen molar-refractivity contribution in [2.24, 2.45) is 0 Å². The lowest BCUT2D eigenvalue weighted by Crippen LogP contribution is -2.41. The lowest BCUT2D eigenvalue weighted by atomic mass is 9.97. The van der Waals surface area contributed by atoms with Crippen LogP contribution >= 0.6 is 0 Å². The van der Waals surface area contributed by atoms with Crippen molar-refractivity contribution in [2.75, 3.05) is 26.8 Å². The minimum absolute atomic E-state index is 0.233. The minimum atomic E-state index is -0.465. The van der Waals surface area contributed by atoms with Crippen LogP contribution in [-0.2, 0) is 15.9 Å². The number of piperidine rings is 1. The number of amides is 1. The Hall–Kier alpha value is -2.08. The average Bonchev–Trinajstić information content (AvgIpc) is 3.03. The molecule has 0 unspecified atom stereocenters. The molecule has 6 nitrogen and oxygen atoms in total. The number of aromatic nitrogens is 1. The van der Waals surface area contributed by atoms with Gasteiger partial charge in [-0.05, 0) is 51.7 Å². The van der Waals surface area contributed by atoms with Crippen LogP contribution in [-0.4, -0.2) is 48.4 Å². The Morgan fingerprint density at radius 3 is 2.69 bits per heavy atom. The lowest BCUT2D eigenvalue weighted by molar-refractivity contribution is 0.0199. The maximum absolute atomic E-state index is 12.2. The van der Waals surface area contributed by atoms with Crippen molar-refractivity contribution in [1.29, 1.82) is 0 Å². The van der Waals surface area contributed by atoms with E-state index in [1.165, 1.54) is 0 Å². The van der Waals surface area contributed by atoms with E-state index in [1.807, 2.05) is 32.9 Å². The number of likely N-dealkylation sites (tertiary alicyclic amines) is 1. The van der Waals surface area contributed by atoms with Gasteiger partial charge in [-0.15, -0.1) is 0 Å². The number of ether oxygens (including phenoxy) is 2. The quantitative estimate of drug-likeness (QED) is 0.820. The van der Waals surface area contributed by atoms with E-state index >= 15 is 0 Å².